The molecule has 1 aromatic carbocycles. The van der Waals surface area contributed by atoms with Crippen molar-refractivity contribution in [2.24, 2.45) is 0 Å². The van der Waals surface area contributed by atoms with Gasteiger partial charge in [-0.2, -0.15) is 0 Å². The largest absolute Gasteiger partial charge is 0.497 e. The van der Waals surface area contributed by atoms with E-state index in [0.717, 1.165) is 40.1 Å². The second kappa shape index (κ2) is 8.54. The van der Waals surface area contributed by atoms with Gasteiger partial charge >= 0.3 is 0 Å². The van der Waals surface area contributed by atoms with E-state index in [0.29, 0.717) is 5.16 Å². The van der Waals surface area contributed by atoms with Gasteiger partial charge in [-0.05, 0) is 32.3 Å². The molecule has 0 aliphatic rings. The first kappa shape index (κ1) is 19.8. The van der Waals surface area contributed by atoms with Crippen molar-refractivity contribution < 1.29 is 4.74 Å². The summed E-state index contributed by atoms with van der Waals surface area (Å²) >= 11 is 1.61. The maximum atomic E-state index is 5.25. The molecule has 2 aromatic heterocycles. The average Bonchev–Trinajstić information content (AvgIpc) is 2.83. The maximum absolute atomic E-state index is 5.25. The maximum Gasteiger partial charge on any atom is 0.211 e. The van der Waals surface area contributed by atoms with Crippen LogP contribution in [0.2, 0.25) is 0 Å². The Labute approximate surface area is 151 Å². The number of aromatic amines is 1. The number of rotatable bonds is 5. The number of benzene rings is 1. The number of thioether (sulfide) groups is 1. The first-order valence-electron chi connectivity index (χ1n) is 6.65. The highest BCUT2D eigenvalue weighted by Gasteiger charge is 2.10. The number of halogens is 2. The molecular formula is C14H19Cl2N5OS. The predicted molar refractivity (Wildman–Crippen MR) is 99.5 cm³/mol. The fourth-order valence-corrected chi connectivity index (χ4v) is 2.94. The number of nitrogens with one attached hydrogen (secondary N) is 1. The number of aromatic nitrogens is 4. The van der Waals surface area contributed by atoms with Crippen molar-refractivity contribution in [3.05, 3.63) is 18.2 Å². The minimum Gasteiger partial charge on any atom is -0.497 e. The van der Waals surface area contributed by atoms with Gasteiger partial charge in [0.05, 0.1) is 7.11 Å². The minimum absolute atomic E-state index is 0. The molecule has 0 saturated carbocycles. The molecule has 23 heavy (non-hydrogen) atoms. The fourth-order valence-electron chi connectivity index (χ4n) is 2.04. The summed E-state index contributed by atoms with van der Waals surface area (Å²) in [5, 5.41) is 10.2. The molecule has 0 fully saturated rings. The lowest BCUT2D eigenvalue weighted by Gasteiger charge is -2.07. The summed E-state index contributed by atoms with van der Waals surface area (Å²) in [5.74, 6) is 1.74. The summed E-state index contributed by atoms with van der Waals surface area (Å²) in [6, 6.07) is 5.83. The molecule has 0 amide bonds. The van der Waals surface area contributed by atoms with Crippen molar-refractivity contribution in [2.75, 3.05) is 33.5 Å². The van der Waals surface area contributed by atoms with E-state index in [9.17, 15) is 0 Å². The summed E-state index contributed by atoms with van der Waals surface area (Å²) < 4.78 is 5.25. The van der Waals surface area contributed by atoms with Gasteiger partial charge in [-0.25, -0.2) is 4.98 Å². The average molecular weight is 376 g/mol. The topological polar surface area (TPSA) is 66.9 Å². The standard InChI is InChI=1S/C14H17N5OS.2ClH/c1-19(2)6-7-21-14-16-13-12(17-18-14)10-8-9(20-3)4-5-11(10)15-13;;/h4-5,8H,6-7H2,1-3H3,(H,15,16,18);2*1H. The molecule has 1 N–H and O–H groups in total. The second-order valence-corrected chi connectivity index (χ2v) is 6.04. The van der Waals surface area contributed by atoms with Crippen LogP contribution < -0.4 is 4.74 Å². The number of hydrogen-bond acceptors (Lipinski definition) is 6. The van der Waals surface area contributed by atoms with E-state index in [-0.39, 0.29) is 24.8 Å². The quantitative estimate of drug-likeness (QED) is 0.691. The molecule has 0 radical (unpaired) electrons. The molecule has 0 aliphatic heterocycles. The predicted octanol–water partition coefficient (Wildman–Crippen LogP) is 3.01. The highest BCUT2D eigenvalue weighted by Crippen LogP contribution is 2.26. The first-order valence-corrected chi connectivity index (χ1v) is 7.63. The van der Waals surface area contributed by atoms with Gasteiger partial charge in [0.15, 0.2) is 5.65 Å². The van der Waals surface area contributed by atoms with Crippen LogP contribution >= 0.6 is 36.6 Å². The van der Waals surface area contributed by atoms with E-state index in [1.54, 1.807) is 18.9 Å². The third-order valence-corrected chi connectivity index (χ3v) is 3.99. The Morgan fingerprint density at radius 1 is 1.22 bits per heavy atom. The fraction of sp³-hybridized carbons (Fsp3) is 0.357. The lowest BCUT2D eigenvalue weighted by molar-refractivity contribution is 0.415. The lowest BCUT2D eigenvalue weighted by atomic mass is 10.2. The van der Waals surface area contributed by atoms with Crippen molar-refractivity contribution in [1.29, 1.82) is 0 Å². The Hall–Kier alpha value is -1.28. The van der Waals surface area contributed by atoms with E-state index in [4.69, 9.17) is 4.74 Å². The minimum atomic E-state index is 0. The van der Waals surface area contributed by atoms with Crippen molar-refractivity contribution >= 4 is 58.6 Å². The molecule has 3 aromatic rings. The Morgan fingerprint density at radius 3 is 2.70 bits per heavy atom. The van der Waals surface area contributed by atoms with Gasteiger partial charge in [0.25, 0.3) is 0 Å². The molecule has 0 atom stereocenters. The van der Waals surface area contributed by atoms with E-state index in [1.807, 2.05) is 32.3 Å². The molecule has 3 rings (SSSR count). The van der Waals surface area contributed by atoms with Crippen LogP contribution in [0.3, 0.4) is 0 Å². The van der Waals surface area contributed by atoms with Crippen LogP contribution in [0.4, 0.5) is 0 Å². The van der Waals surface area contributed by atoms with Crippen LogP contribution in [-0.2, 0) is 0 Å². The summed E-state index contributed by atoms with van der Waals surface area (Å²) in [5.41, 5.74) is 2.53. The van der Waals surface area contributed by atoms with E-state index < -0.39 is 0 Å². The molecule has 0 bridgehead atoms. The second-order valence-electron chi connectivity index (χ2n) is 4.98. The van der Waals surface area contributed by atoms with Crippen molar-refractivity contribution in [2.45, 2.75) is 5.16 Å². The number of methoxy groups -OCH3 is 1. The van der Waals surface area contributed by atoms with E-state index >= 15 is 0 Å². The van der Waals surface area contributed by atoms with E-state index in [1.165, 1.54) is 0 Å². The molecule has 2 heterocycles. The normalized spacial score (nSPS) is 10.6. The molecular weight excluding hydrogens is 357 g/mol. The molecule has 0 saturated heterocycles. The van der Waals surface area contributed by atoms with Crippen molar-refractivity contribution in [3.63, 3.8) is 0 Å². The van der Waals surface area contributed by atoms with Crippen LogP contribution in [0.5, 0.6) is 5.75 Å². The molecule has 126 valence electrons. The number of nitrogens with zero attached hydrogens (tertiary/aromatic N) is 4. The molecule has 0 unspecified atom stereocenters. The van der Waals surface area contributed by atoms with Gasteiger partial charge in [-0.1, -0.05) is 11.8 Å². The molecule has 6 nitrogen and oxygen atoms in total. The summed E-state index contributed by atoms with van der Waals surface area (Å²) in [6.45, 7) is 0.982. The monoisotopic (exact) mass is 375 g/mol. The lowest BCUT2D eigenvalue weighted by Crippen LogP contribution is -2.14. The van der Waals surface area contributed by atoms with Crippen LogP contribution in [0.15, 0.2) is 23.4 Å². The van der Waals surface area contributed by atoms with Crippen molar-refractivity contribution in [3.8, 4) is 5.75 Å². The van der Waals surface area contributed by atoms with Crippen LogP contribution in [-0.4, -0.2) is 58.6 Å². The van der Waals surface area contributed by atoms with Gasteiger partial charge in [0.2, 0.25) is 5.16 Å². The van der Waals surface area contributed by atoms with Crippen molar-refractivity contribution in [1.82, 2.24) is 25.1 Å². The number of fused-ring (bicyclic) bond motifs is 3. The Balaban J connectivity index is 0.00000132. The molecule has 0 spiro atoms. The Kier molecular flexibility index (Phi) is 7.34. The third-order valence-electron chi connectivity index (χ3n) is 3.17. The van der Waals surface area contributed by atoms with Crippen LogP contribution in [0.1, 0.15) is 0 Å². The third kappa shape index (κ3) is 4.38. The van der Waals surface area contributed by atoms with Crippen LogP contribution in [0, 0.1) is 0 Å². The first-order chi connectivity index (χ1) is 10.2. The number of ether oxygens (including phenoxy) is 1. The van der Waals surface area contributed by atoms with Gasteiger partial charge in [0, 0.05) is 23.2 Å². The van der Waals surface area contributed by atoms with Gasteiger partial charge in [-0.15, -0.1) is 35.0 Å². The highest BCUT2D eigenvalue weighted by atomic mass is 35.5. The zero-order valence-corrected chi connectivity index (χ0v) is 15.5. The zero-order valence-electron chi connectivity index (χ0n) is 13.1. The number of H-pyrrole nitrogens is 1. The van der Waals surface area contributed by atoms with Gasteiger partial charge in [0.1, 0.15) is 11.3 Å². The highest BCUT2D eigenvalue weighted by molar-refractivity contribution is 7.99. The molecule has 9 heteroatoms. The summed E-state index contributed by atoms with van der Waals surface area (Å²) in [7, 11) is 5.75. The number of hydrogen-bond donors (Lipinski definition) is 1. The summed E-state index contributed by atoms with van der Waals surface area (Å²) in [4.78, 5) is 9.95. The Bertz CT molecular complexity index is 780. The summed E-state index contributed by atoms with van der Waals surface area (Å²) in [6.07, 6.45) is 0. The van der Waals surface area contributed by atoms with E-state index in [2.05, 4.69) is 25.1 Å². The van der Waals surface area contributed by atoms with Gasteiger partial charge < -0.3 is 14.6 Å². The Morgan fingerprint density at radius 2 is 2.00 bits per heavy atom. The molecule has 0 aliphatic carbocycles. The van der Waals surface area contributed by atoms with Gasteiger partial charge in [-0.3, -0.25) is 0 Å². The zero-order chi connectivity index (χ0) is 14.8. The smallest absolute Gasteiger partial charge is 0.211 e. The SMILES string of the molecule is COc1ccc2[nH]c3nc(SCCN(C)C)nnc3c2c1.Cl.Cl. The van der Waals surface area contributed by atoms with Crippen LogP contribution in [0.25, 0.3) is 22.1 Å².